The number of phenolic OH excluding ortho intramolecular Hbond substituents is 1. The van der Waals surface area contributed by atoms with E-state index in [1.54, 1.807) is 43.5 Å². The first-order valence-electron chi connectivity index (χ1n) is 10.8. The number of benzene rings is 3. The molecule has 0 saturated carbocycles. The predicted octanol–water partition coefficient (Wildman–Crippen LogP) is 4.77. The van der Waals surface area contributed by atoms with E-state index in [0.717, 1.165) is 4.47 Å². The lowest BCUT2D eigenvalue weighted by Gasteiger charge is -2.29. The summed E-state index contributed by atoms with van der Waals surface area (Å²) in [5.74, 6) is -0.446. The molecule has 0 aliphatic heterocycles. The number of nitrogens with zero attached hydrogens (tertiary/aromatic N) is 1. The molecule has 0 radical (unpaired) electrons. The second-order valence-corrected chi connectivity index (χ2v) is 10.4. The van der Waals surface area contributed by atoms with Crippen LogP contribution in [-0.2, 0) is 21.3 Å². The summed E-state index contributed by atoms with van der Waals surface area (Å²) in [4.78, 5) is 12.8. The van der Waals surface area contributed by atoms with Gasteiger partial charge in [0.1, 0.15) is 17.9 Å². The first-order chi connectivity index (χ1) is 17.2. The van der Waals surface area contributed by atoms with E-state index < -0.39 is 22.0 Å². The van der Waals surface area contributed by atoms with E-state index in [0.29, 0.717) is 11.3 Å². The fourth-order valence-corrected chi connectivity index (χ4v) is 5.23. The Kier molecular flexibility index (Phi) is 9.14. The maximum atomic E-state index is 13.7. The van der Waals surface area contributed by atoms with Crippen LogP contribution in [0.4, 0.5) is 0 Å². The number of para-hydroxylation sites is 1. The molecule has 10 heteroatoms. The molecule has 1 unspecified atom stereocenters. The van der Waals surface area contributed by atoms with Crippen LogP contribution >= 0.6 is 15.9 Å². The van der Waals surface area contributed by atoms with Gasteiger partial charge in [-0.3, -0.25) is 0 Å². The normalized spacial score (nSPS) is 12.1. The van der Waals surface area contributed by atoms with Crippen molar-refractivity contribution in [2.24, 2.45) is 0 Å². The Morgan fingerprint density at radius 1 is 1.06 bits per heavy atom. The molecular weight excluding hydrogens is 550 g/mol. The van der Waals surface area contributed by atoms with E-state index in [1.165, 1.54) is 47.8 Å². The predicted molar refractivity (Wildman–Crippen MR) is 139 cm³/mol. The van der Waals surface area contributed by atoms with Gasteiger partial charge < -0.3 is 19.3 Å². The number of carbonyl (C=O) groups excluding carboxylic acids is 1. The van der Waals surface area contributed by atoms with Crippen LogP contribution in [0.3, 0.4) is 0 Å². The SMILES string of the molecule is C=CC(COC(=O)c1cccc(OC)c1O)N(Cc1ccc(OC)cc1)S(=O)(=O)c1ccc(Br)cc1. The van der Waals surface area contributed by atoms with Crippen molar-refractivity contribution in [3.05, 3.63) is 95.0 Å². The number of phenols is 1. The minimum absolute atomic E-state index is 0.0129. The quantitative estimate of drug-likeness (QED) is 0.259. The molecule has 0 aliphatic carbocycles. The third-order valence-corrected chi connectivity index (χ3v) is 7.80. The molecule has 0 spiro atoms. The van der Waals surface area contributed by atoms with Crippen molar-refractivity contribution >= 4 is 31.9 Å². The monoisotopic (exact) mass is 575 g/mol. The molecule has 0 aliphatic rings. The molecule has 0 bridgehead atoms. The second kappa shape index (κ2) is 12.1. The van der Waals surface area contributed by atoms with Crippen molar-refractivity contribution in [2.75, 3.05) is 20.8 Å². The van der Waals surface area contributed by atoms with Crippen LogP contribution in [0.5, 0.6) is 17.2 Å². The lowest BCUT2D eigenvalue weighted by Crippen LogP contribution is -2.41. The van der Waals surface area contributed by atoms with Gasteiger partial charge in [-0.25, -0.2) is 13.2 Å². The van der Waals surface area contributed by atoms with E-state index in [9.17, 15) is 18.3 Å². The first kappa shape index (κ1) is 27.3. The Bertz CT molecular complexity index is 1310. The van der Waals surface area contributed by atoms with Gasteiger partial charge in [0.2, 0.25) is 10.0 Å². The molecule has 36 heavy (non-hydrogen) atoms. The summed E-state index contributed by atoms with van der Waals surface area (Å²) in [6, 6.07) is 16.7. The molecule has 8 nitrogen and oxygen atoms in total. The molecule has 0 heterocycles. The molecule has 3 rings (SSSR count). The van der Waals surface area contributed by atoms with Gasteiger partial charge in [0.05, 0.1) is 25.2 Å². The Hall–Kier alpha value is -3.34. The lowest BCUT2D eigenvalue weighted by atomic mass is 10.2. The number of ether oxygens (including phenoxy) is 3. The van der Waals surface area contributed by atoms with Gasteiger partial charge >= 0.3 is 5.97 Å². The first-order valence-corrected chi connectivity index (χ1v) is 13.0. The summed E-state index contributed by atoms with van der Waals surface area (Å²) in [6.45, 7) is 3.43. The number of aromatic hydroxyl groups is 1. The van der Waals surface area contributed by atoms with Gasteiger partial charge in [0, 0.05) is 11.0 Å². The molecule has 0 aromatic heterocycles. The standard InChI is InChI=1S/C26H26BrNO7S/c1-4-20(17-35-26(30)23-6-5-7-24(34-3)25(23)29)28(16-18-8-12-21(33-2)13-9-18)36(31,32)22-14-10-19(27)11-15-22/h4-15,20,29H,1,16-17H2,2-3H3. The largest absolute Gasteiger partial charge is 0.504 e. The van der Waals surface area contributed by atoms with Crippen molar-refractivity contribution in [3.8, 4) is 17.2 Å². The summed E-state index contributed by atoms with van der Waals surface area (Å²) < 4.78 is 44.9. The zero-order valence-corrected chi connectivity index (χ0v) is 22.2. The zero-order valence-electron chi connectivity index (χ0n) is 19.8. The van der Waals surface area contributed by atoms with Gasteiger partial charge in [-0.05, 0) is 54.1 Å². The Balaban J connectivity index is 1.91. The number of carbonyl (C=O) groups is 1. The lowest BCUT2D eigenvalue weighted by molar-refractivity contribution is 0.0445. The van der Waals surface area contributed by atoms with Crippen molar-refractivity contribution in [1.29, 1.82) is 0 Å². The highest BCUT2D eigenvalue weighted by Gasteiger charge is 2.31. The fourth-order valence-electron chi connectivity index (χ4n) is 3.39. The highest BCUT2D eigenvalue weighted by atomic mass is 79.9. The summed E-state index contributed by atoms with van der Waals surface area (Å²) in [5, 5.41) is 10.3. The van der Waals surface area contributed by atoms with Crippen molar-refractivity contribution < 1.29 is 32.5 Å². The molecule has 3 aromatic rings. The van der Waals surface area contributed by atoms with E-state index in [4.69, 9.17) is 14.2 Å². The van der Waals surface area contributed by atoms with Crippen molar-refractivity contribution in [2.45, 2.75) is 17.5 Å². The maximum Gasteiger partial charge on any atom is 0.342 e. The van der Waals surface area contributed by atoms with E-state index in [2.05, 4.69) is 22.5 Å². The highest BCUT2D eigenvalue weighted by Crippen LogP contribution is 2.30. The number of halogens is 1. The minimum Gasteiger partial charge on any atom is -0.504 e. The van der Waals surface area contributed by atoms with Crippen molar-refractivity contribution in [1.82, 2.24) is 4.31 Å². The molecular formula is C26H26BrNO7S. The van der Waals surface area contributed by atoms with Crippen LogP contribution in [0.1, 0.15) is 15.9 Å². The second-order valence-electron chi connectivity index (χ2n) is 7.61. The maximum absolute atomic E-state index is 13.7. The van der Waals surface area contributed by atoms with Gasteiger partial charge in [-0.1, -0.05) is 40.2 Å². The Morgan fingerprint density at radius 2 is 1.72 bits per heavy atom. The third kappa shape index (κ3) is 6.26. The van der Waals surface area contributed by atoms with Crippen molar-refractivity contribution in [3.63, 3.8) is 0 Å². The van der Waals surface area contributed by atoms with Crippen LogP contribution in [0, 0.1) is 0 Å². The number of hydrogen-bond acceptors (Lipinski definition) is 7. The molecule has 1 N–H and O–H groups in total. The summed E-state index contributed by atoms with van der Waals surface area (Å²) >= 11 is 3.31. The molecule has 1 atom stereocenters. The number of sulfonamides is 1. The summed E-state index contributed by atoms with van der Waals surface area (Å²) in [5.41, 5.74) is 0.592. The van der Waals surface area contributed by atoms with Crippen LogP contribution in [-0.4, -0.2) is 50.7 Å². The number of methoxy groups -OCH3 is 2. The minimum atomic E-state index is -4.03. The third-order valence-electron chi connectivity index (χ3n) is 5.38. The topological polar surface area (TPSA) is 102 Å². The average molecular weight is 576 g/mol. The average Bonchev–Trinajstić information content (AvgIpc) is 2.88. The number of hydrogen-bond donors (Lipinski definition) is 1. The smallest absolute Gasteiger partial charge is 0.342 e. The summed E-state index contributed by atoms with van der Waals surface area (Å²) in [7, 11) is -1.12. The van der Waals surface area contributed by atoms with E-state index >= 15 is 0 Å². The fraction of sp³-hybridized carbons (Fsp3) is 0.192. The van der Waals surface area contributed by atoms with Gasteiger partial charge in [-0.2, -0.15) is 4.31 Å². The molecule has 0 fully saturated rings. The van der Waals surface area contributed by atoms with E-state index in [1.807, 2.05) is 0 Å². The molecule has 0 saturated heterocycles. The molecule has 0 amide bonds. The Morgan fingerprint density at radius 3 is 2.31 bits per heavy atom. The van der Waals surface area contributed by atoms with Gasteiger partial charge in [0.15, 0.2) is 11.5 Å². The molecule has 190 valence electrons. The van der Waals surface area contributed by atoms with Crippen LogP contribution in [0.25, 0.3) is 0 Å². The highest BCUT2D eigenvalue weighted by molar-refractivity contribution is 9.10. The Labute approximate surface area is 218 Å². The summed E-state index contributed by atoms with van der Waals surface area (Å²) in [6.07, 6.45) is 1.40. The number of rotatable bonds is 11. The number of esters is 1. The van der Waals surface area contributed by atoms with Crippen LogP contribution in [0.15, 0.2) is 88.8 Å². The van der Waals surface area contributed by atoms with Crippen LogP contribution in [0.2, 0.25) is 0 Å². The van der Waals surface area contributed by atoms with E-state index in [-0.39, 0.29) is 35.1 Å². The zero-order chi connectivity index (χ0) is 26.3. The van der Waals surface area contributed by atoms with Gasteiger partial charge in [0.25, 0.3) is 0 Å². The van der Waals surface area contributed by atoms with Gasteiger partial charge in [-0.15, -0.1) is 6.58 Å². The van der Waals surface area contributed by atoms with Crippen LogP contribution < -0.4 is 9.47 Å². The molecule has 3 aromatic carbocycles.